The molecule has 0 aromatic carbocycles. The van der Waals surface area contributed by atoms with Crippen LogP contribution in [0.5, 0.6) is 0 Å². The minimum Gasteiger partial charge on any atom is -0.480 e. The number of esters is 1. The van der Waals surface area contributed by atoms with Gasteiger partial charge in [0.2, 0.25) is 0 Å². The van der Waals surface area contributed by atoms with Crippen LogP contribution in [0.15, 0.2) is 0 Å². The molecule has 0 saturated carbocycles. The van der Waals surface area contributed by atoms with Crippen molar-refractivity contribution >= 4 is 11.9 Å². The summed E-state index contributed by atoms with van der Waals surface area (Å²) in [4.78, 5) is 23.5. The molecule has 0 saturated heterocycles. The summed E-state index contributed by atoms with van der Waals surface area (Å²) in [6.07, 6.45) is 30.6. The third-order valence-electron chi connectivity index (χ3n) is 7.35. The van der Waals surface area contributed by atoms with Crippen molar-refractivity contribution in [1.29, 1.82) is 0 Å². The molecule has 5 heteroatoms. The number of carboxylic acids is 1. The number of carbonyl (C=O) groups excluding carboxylic acids is 1. The summed E-state index contributed by atoms with van der Waals surface area (Å²) >= 11 is 0. The standard InChI is InChI=1S/C32H63NO4/c1-3-5-7-9-11-13-14-15-16-17-18-19-20-21-23-25-27-33-30(32(35)36)29-31(34)37-28-26-24-22-12-10-8-6-4-2/h30,33H,3-29H2,1-2H3,(H,35,36). The van der Waals surface area contributed by atoms with Crippen LogP contribution in [0.2, 0.25) is 0 Å². The number of hydrogen-bond acceptors (Lipinski definition) is 4. The first-order chi connectivity index (χ1) is 18.1. The highest BCUT2D eigenvalue weighted by molar-refractivity contribution is 5.81. The molecule has 0 fully saturated rings. The van der Waals surface area contributed by atoms with Gasteiger partial charge in [0.15, 0.2) is 0 Å². The van der Waals surface area contributed by atoms with E-state index in [1.165, 1.54) is 128 Å². The molecule has 0 heterocycles. The van der Waals surface area contributed by atoms with E-state index in [2.05, 4.69) is 19.2 Å². The molecule has 0 aromatic rings. The van der Waals surface area contributed by atoms with Crippen molar-refractivity contribution in [3.05, 3.63) is 0 Å². The first kappa shape index (κ1) is 35.9. The molecule has 1 unspecified atom stereocenters. The highest BCUT2D eigenvalue weighted by Crippen LogP contribution is 2.14. The van der Waals surface area contributed by atoms with E-state index in [4.69, 9.17) is 4.74 Å². The minimum absolute atomic E-state index is 0.0921. The summed E-state index contributed by atoms with van der Waals surface area (Å²) in [6, 6.07) is -0.845. The average Bonchev–Trinajstić information content (AvgIpc) is 2.88. The summed E-state index contributed by atoms with van der Waals surface area (Å²) in [6.45, 7) is 5.54. The van der Waals surface area contributed by atoms with E-state index in [1.807, 2.05) is 0 Å². The normalized spacial score (nSPS) is 12.1. The van der Waals surface area contributed by atoms with Gasteiger partial charge in [-0.2, -0.15) is 0 Å². The Morgan fingerprint density at radius 2 is 0.919 bits per heavy atom. The van der Waals surface area contributed by atoms with Crippen molar-refractivity contribution in [3.63, 3.8) is 0 Å². The summed E-state index contributed by atoms with van der Waals surface area (Å²) in [5.74, 6) is -1.38. The van der Waals surface area contributed by atoms with Crippen LogP contribution in [0.3, 0.4) is 0 Å². The molecular weight excluding hydrogens is 462 g/mol. The molecule has 0 spiro atoms. The Morgan fingerprint density at radius 1 is 0.568 bits per heavy atom. The van der Waals surface area contributed by atoms with Gasteiger partial charge in [0.05, 0.1) is 13.0 Å². The van der Waals surface area contributed by atoms with Crippen LogP contribution >= 0.6 is 0 Å². The fourth-order valence-electron chi connectivity index (χ4n) is 4.84. The Morgan fingerprint density at radius 3 is 1.30 bits per heavy atom. The SMILES string of the molecule is CCCCCCCCCCCCCCCCCCNC(CC(=O)OCCCCCCCCCC)C(=O)O. The van der Waals surface area contributed by atoms with E-state index >= 15 is 0 Å². The second-order valence-corrected chi connectivity index (χ2v) is 11.0. The fourth-order valence-corrected chi connectivity index (χ4v) is 4.84. The third-order valence-corrected chi connectivity index (χ3v) is 7.35. The van der Waals surface area contributed by atoms with E-state index in [1.54, 1.807) is 0 Å². The number of carboxylic acid groups (broad SMARTS) is 1. The highest BCUT2D eigenvalue weighted by atomic mass is 16.5. The largest absolute Gasteiger partial charge is 0.480 e. The van der Waals surface area contributed by atoms with E-state index in [-0.39, 0.29) is 6.42 Å². The molecule has 0 amide bonds. The predicted octanol–water partition coefficient (Wildman–Crippen LogP) is 9.36. The molecule has 220 valence electrons. The number of ether oxygens (including phenoxy) is 1. The van der Waals surface area contributed by atoms with E-state index < -0.39 is 18.0 Å². The van der Waals surface area contributed by atoms with Crippen molar-refractivity contribution in [3.8, 4) is 0 Å². The number of rotatable bonds is 30. The monoisotopic (exact) mass is 525 g/mol. The van der Waals surface area contributed by atoms with Gasteiger partial charge in [-0.15, -0.1) is 0 Å². The van der Waals surface area contributed by atoms with Gasteiger partial charge in [-0.3, -0.25) is 9.59 Å². The zero-order valence-electron chi connectivity index (χ0n) is 24.8. The lowest BCUT2D eigenvalue weighted by molar-refractivity contribution is -0.149. The fraction of sp³-hybridized carbons (Fsp3) is 0.938. The Bertz CT molecular complexity index is 497. The van der Waals surface area contributed by atoms with E-state index in [0.717, 1.165) is 25.7 Å². The van der Waals surface area contributed by atoms with Crippen molar-refractivity contribution < 1.29 is 19.4 Å². The molecule has 0 aromatic heterocycles. The number of aliphatic carboxylic acids is 1. The molecule has 0 bridgehead atoms. The molecule has 5 nitrogen and oxygen atoms in total. The Kier molecular flexibility index (Phi) is 28.6. The maximum absolute atomic E-state index is 12.0. The lowest BCUT2D eigenvalue weighted by Crippen LogP contribution is -2.39. The van der Waals surface area contributed by atoms with Gasteiger partial charge in [0.25, 0.3) is 0 Å². The van der Waals surface area contributed by atoms with Crippen molar-refractivity contribution in [2.24, 2.45) is 0 Å². The summed E-state index contributed by atoms with van der Waals surface area (Å²) in [5.41, 5.74) is 0. The number of nitrogens with one attached hydrogen (secondary N) is 1. The van der Waals surface area contributed by atoms with Crippen LogP contribution in [0.25, 0.3) is 0 Å². The van der Waals surface area contributed by atoms with Crippen LogP contribution in [-0.4, -0.2) is 36.2 Å². The van der Waals surface area contributed by atoms with Crippen molar-refractivity contribution in [2.45, 2.75) is 180 Å². The molecule has 37 heavy (non-hydrogen) atoms. The van der Waals surface area contributed by atoms with E-state index in [0.29, 0.717) is 13.2 Å². The van der Waals surface area contributed by atoms with Crippen molar-refractivity contribution in [1.82, 2.24) is 5.32 Å². The lowest BCUT2D eigenvalue weighted by atomic mass is 10.0. The third kappa shape index (κ3) is 27.7. The molecular formula is C32H63NO4. The molecule has 1 atom stereocenters. The first-order valence-corrected chi connectivity index (χ1v) is 16.2. The minimum atomic E-state index is -0.972. The molecule has 0 rings (SSSR count). The van der Waals surface area contributed by atoms with Crippen LogP contribution in [0.4, 0.5) is 0 Å². The predicted molar refractivity (Wildman–Crippen MR) is 157 cm³/mol. The summed E-state index contributed by atoms with van der Waals surface area (Å²) in [5, 5.41) is 12.5. The zero-order valence-corrected chi connectivity index (χ0v) is 24.8. The maximum Gasteiger partial charge on any atom is 0.321 e. The smallest absolute Gasteiger partial charge is 0.321 e. The number of hydrogen-bond donors (Lipinski definition) is 2. The molecule has 0 aliphatic rings. The van der Waals surface area contributed by atoms with Crippen LogP contribution in [-0.2, 0) is 14.3 Å². The second-order valence-electron chi connectivity index (χ2n) is 11.0. The van der Waals surface area contributed by atoms with Gasteiger partial charge >= 0.3 is 11.9 Å². The van der Waals surface area contributed by atoms with Crippen molar-refractivity contribution in [2.75, 3.05) is 13.2 Å². The van der Waals surface area contributed by atoms with Crippen LogP contribution < -0.4 is 5.32 Å². The number of unbranched alkanes of at least 4 members (excludes halogenated alkanes) is 22. The summed E-state index contributed by atoms with van der Waals surface area (Å²) < 4.78 is 5.26. The average molecular weight is 526 g/mol. The quantitative estimate of drug-likeness (QED) is 0.0721. The van der Waals surface area contributed by atoms with E-state index in [9.17, 15) is 14.7 Å². The Balaban J connectivity index is 3.51. The molecule has 0 radical (unpaired) electrons. The Hall–Kier alpha value is -1.10. The van der Waals surface area contributed by atoms with Gasteiger partial charge in [-0.1, -0.05) is 155 Å². The molecule has 0 aliphatic heterocycles. The van der Waals surface area contributed by atoms with Gasteiger partial charge in [-0.25, -0.2) is 0 Å². The maximum atomic E-state index is 12.0. The van der Waals surface area contributed by atoms with Gasteiger partial charge in [0.1, 0.15) is 6.04 Å². The highest BCUT2D eigenvalue weighted by Gasteiger charge is 2.21. The van der Waals surface area contributed by atoms with Gasteiger partial charge in [0, 0.05) is 0 Å². The Labute approximate surface area is 230 Å². The molecule has 0 aliphatic carbocycles. The van der Waals surface area contributed by atoms with Crippen LogP contribution in [0, 0.1) is 0 Å². The van der Waals surface area contributed by atoms with Gasteiger partial charge < -0.3 is 15.2 Å². The zero-order chi connectivity index (χ0) is 27.2. The lowest BCUT2D eigenvalue weighted by Gasteiger charge is -2.14. The second kappa shape index (κ2) is 29.5. The number of carbonyl (C=O) groups is 2. The topological polar surface area (TPSA) is 75.6 Å². The summed E-state index contributed by atoms with van der Waals surface area (Å²) in [7, 11) is 0. The van der Waals surface area contributed by atoms with Crippen LogP contribution in [0.1, 0.15) is 174 Å². The van der Waals surface area contributed by atoms with Gasteiger partial charge in [-0.05, 0) is 19.4 Å². The first-order valence-electron chi connectivity index (χ1n) is 16.2. The molecule has 2 N–H and O–H groups in total.